The molecule has 4 rings (SSSR count). The molecule has 1 aromatic carbocycles. The van der Waals surface area contributed by atoms with Crippen LogP contribution in [0.15, 0.2) is 60.2 Å². The Bertz CT molecular complexity index is 971. The smallest absolute Gasteiger partial charge is 0.266 e. The zero-order chi connectivity index (χ0) is 18.6. The molecule has 136 valence electrons. The lowest BCUT2D eigenvalue weighted by Gasteiger charge is -2.20. The largest absolute Gasteiger partial charge is 0.491 e. The number of pyridine rings is 1. The molecule has 0 unspecified atom stereocenters. The van der Waals surface area contributed by atoms with Crippen LogP contribution in [0.5, 0.6) is 5.75 Å². The highest BCUT2D eigenvalue weighted by Gasteiger charge is 2.24. The number of carbonyl (C=O) groups excluding carboxylic acids is 2. The molecular weight excluding hydrogens is 362 g/mol. The molecule has 0 fully saturated rings. The van der Waals surface area contributed by atoms with Gasteiger partial charge in [-0.2, -0.15) is 0 Å². The van der Waals surface area contributed by atoms with Crippen LogP contribution in [0.3, 0.4) is 0 Å². The van der Waals surface area contributed by atoms with E-state index in [4.69, 9.17) is 4.74 Å². The number of ether oxygens (including phenoxy) is 1. The Morgan fingerprint density at radius 3 is 2.78 bits per heavy atom. The van der Waals surface area contributed by atoms with Crippen LogP contribution in [0.4, 0.5) is 5.69 Å². The second-order valence-corrected chi connectivity index (χ2v) is 6.95. The third-order valence-corrected chi connectivity index (χ3v) is 5.19. The Morgan fingerprint density at radius 2 is 1.93 bits per heavy atom. The van der Waals surface area contributed by atoms with Crippen molar-refractivity contribution in [3.8, 4) is 5.75 Å². The minimum absolute atomic E-state index is 0.115. The molecule has 1 aliphatic rings. The number of anilines is 1. The second kappa shape index (κ2) is 7.59. The van der Waals surface area contributed by atoms with Crippen LogP contribution in [0.1, 0.15) is 25.6 Å². The maximum absolute atomic E-state index is 13.1. The SMILES string of the molecule is O=C(Nc1ccsc1C(=O)N1CCOc2ccccc2C1)c1ccncc1. The van der Waals surface area contributed by atoms with E-state index in [-0.39, 0.29) is 11.8 Å². The molecule has 2 aromatic heterocycles. The van der Waals surface area contributed by atoms with Crippen molar-refractivity contribution in [2.45, 2.75) is 6.54 Å². The number of thiophene rings is 1. The Morgan fingerprint density at radius 1 is 1.11 bits per heavy atom. The average Bonchev–Trinajstić information content (AvgIpc) is 3.05. The lowest BCUT2D eigenvalue weighted by molar-refractivity contribution is 0.0739. The molecule has 1 N–H and O–H groups in total. The first-order valence-corrected chi connectivity index (χ1v) is 9.39. The Balaban J connectivity index is 1.53. The van der Waals surface area contributed by atoms with Crippen molar-refractivity contribution in [2.24, 2.45) is 0 Å². The number of hydrogen-bond donors (Lipinski definition) is 1. The lowest BCUT2D eigenvalue weighted by Crippen LogP contribution is -2.32. The van der Waals surface area contributed by atoms with Crippen LogP contribution >= 0.6 is 11.3 Å². The van der Waals surface area contributed by atoms with E-state index in [0.29, 0.717) is 35.8 Å². The minimum Gasteiger partial charge on any atom is -0.491 e. The monoisotopic (exact) mass is 379 g/mol. The van der Waals surface area contributed by atoms with Crippen molar-refractivity contribution < 1.29 is 14.3 Å². The maximum Gasteiger partial charge on any atom is 0.266 e. The summed E-state index contributed by atoms with van der Waals surface area (Å²) in [5, 5.41) is 4.63. The van der Waals surface area contributed by atoms with Crippen LogP contribution in [0, 0.1) is 0 Å². The summed E-state index contributed by atoms with van der Waals surface area (Å²) in [5.41, 5.74) is 1.99. The van der Waals surface area contributed by atoms with Gasteiger partial charge in [-0.15, -0.1) is 11.3 Å². The first-order valence-electron chi connectivity index (χ1n) is 8.51. The molecule has 0 spiro atoms. The first kappa shape index (κ1) is 17.2. The van der Waals surface area contributed by atoms with Crippen LogP contribution in [-0.2, 0) is 6.54 Å². The van der Waals surface area contributed by atoms with Gasteiger partial charge in [-0.25, -0.2) is 0 Å². The standard InChI is InChI=1S/C20H17N3O3S/c24-19(14-5-8-21-9-6-14)22-16-7-12-27-18(16)20(25)23-10-11-26-17-4-2-1-3-15(17)13-23/h1-9,12H,10-11,13H2,(H,22,24). The Labute approximate surface area is 160 Å². The summed E-state index contributed by atoms with van der Waals surface area (Å²) in [7, 11) is 0. The number of aromatic nitrogens is 1. The van der Waals surface area contributed by atoms with Gasteiger partial charge in [-0.1, -0.05) is 18.2 Å². The fourth-order valence-corrected chi connectivity index (χ4v) is 3.73. The molecule has 0 bridgehead atoms. The van der Waals surface area contributed by atoms with E-state index in [1.807, 2.05) is 24.3 Å². The van der Waals surface area contributed by atoms with Gasteiger partial charge in [0.1, 0.15) is 17.2 Å². The van der Waals surface area contributed by atoms with E-state index in [2.05, 4.69) is 10.3 Å². The number of rotatable bonds is 3. The van der Waals surface area contributed by atoms with Gasteiger partial charge >= 0.3 is 0 Å². The second-order valence-electron chi connectivity index (χ2n) is 6.04. The summed E-state index contributed by atoms with van der Waals surface area (Å²) in [6, 6.07) is 12.7. The van der Waals surface area contributed by atoms with Crippen LogP contribution in [0.2, 0.25) is 0 Å². The third kappa shape index (κ3) is 3.68. The quantitative estimate of drug-likeness (QED) is 0.757. The molecule has 7 heteroatoms. The van der Waals surface area contributed by atoms with Crippen molar-refractivity contribution in [1.29, 1.82) is 0 Å². The van der Waals surface area contributed by atoms with Crippen LogP contribution in [0.25, 0.3) is 0 Å². The molecule has 2 amide bonds. The van der Waals surface area contributed by atoms with Gasteiger partial charge in [-0.3, -0.25) is 14.6 Å². The van der Waals surface area contributed by atoms with E-state index < -0.39 is 0 Å². The summed E-state index contributed by atoms with van der Waals surface area (Å²) in [6.07, 6.45) is 3.12. The first-order chi connectivity index (χ1) is 13.2. The predicted molar refractivity (Wildman–Crippen MR) is 103 cm³/mol. The van der Waals surface area contributed by atoms with Gasteiger partial charge in [0.25, 0.3) is 11.8 Å². The fourth-order valence-electron chi connectivity index (χ4n) is 2.91. The number of para-hydroxylation sites is 1. The number of carbonyl (C=O) groups is 2. The van der Waals surface area contributed by atoms with Crippen LogP contribution in [-0.4, -0.2) is 34.8 Å². The van der Waals surface area contributed by atoms with E-state index >= 15 is 0 Å². The number of hydrogen-bond acceptors (Lipinski definition) is 5. The summed E-state index contributed by atoms with van der Waals surface area (Å²) in [4.78, 5) is 31.7. The van der Waals surface area contributed by atoms with Crippen molar-refractivity contribution in [2.75, 3.05) is 18.5 Å². The van der Waals surface area contributed by atoms with Gasteiger partial charge in [0, 0.05) is 30.1 Å². The molecule has 3 aromatic rings. The molecule has 0 saturated carbocycles. The zero-order valence-corrected chi connectivity index (χ0v) is 15.2. The van der Waals surface area contributed by atoms with Crippen LogP contribution < -0.4 is 10.1 Å². The molecule has 1 aliphatic heterocycles. The van der Waals surface area contributed by atoms with E-state index in [1.54, 1.807) is 40.9 Å². The topological polar surface area (TPSA) is 71.5 Å². The molecule has 0 saturated heterocycles. The van der Waals surface area contributed by atoms with Gasteiger partial charge < -0.3 is 15.0 Å². The normalized spacial score (nSPS) is 13.3. The predicted octanol–water partition coefficient (Wildman–Crippen LogP) is 3.43. The lowest BCUT2D eigenvalue weighted by atomic mass is 10.2. The number of fused-ring (bicyclic) bond motifs is 1. The van der Waals surface area contributed by atoms with Crippen molar-refractivity contribution >= 4 is 28.8 Å². The average molecular weight is 379 g/mol. The number of amides is 2. The number of nitrogens with zero attached hydrogens (tertiary/aromatic N) is 2. The summed E-state index contributed by atoms with van der Waals surface area (Å²) in [5.74, 6) is 0.426. The Kier molecular flexibility index (Phi) is 4.84. The van der Waals surface area contributed by atoms with E-state index in [0.717, 1.165) is 11.3 Å². The highest BCUT2D eigenvalue weighted by atomic mass is 32.1. The molecule has 6 nitrogen and oxygen atoms in total. The third-order valence-electron chi connectivity index (χ3n) is 4.29. The number of nitrogens with one attached hydrogen (secondary N) is 1. The number of benzene rings is 1. The van der Waals surface area contributed by atoms with Crippen molar-refractivity contribution in [1.82, 2.24) is 9.88 Å². The van der Waals surface area contributed by atoms with Gasteiger partial charge in [0.05, 0.1) is 12.2 Å². The summed E-state index contributed by atoms with van der Waals surface area (Å²) < 4.78 is 5.73. The summed E-state index contributed by atoms with van der Waals surface area (Å²) in [6.45, 7) is 1.40. The molecule has 0 atom stereocenters. The minimum atomic E-state index is -0.269. The van der Waals surface area contributed by atoms with E-state index in [9.17, 15) is 9.59 Å². The van der Waals surface area contributed by atoms with Crippen molar-refractivity contribution in [3.05, 3.63) is 76.2 Å². The molecule has 0 radical (unpaired) electrons. The fraction of sp³-hybridized carbons (Fsp3) is 0.150. The van der Waals surface area contributed by atoms with Gasteiger partial charge in [0.2, 0.25) is 0 Å². The van der Waals surface area contributed by atoms with Crippen molar-refractivity contribution in [3.63, 3.8) is 0 Å². The molecule has 3 heterocycles. The highest BCUT2D eigenvalue weighted by molar-refractivity contribution is 7.12. The van der Waals surface area contributed by atoms with Gasteiger partial charge in [-0.05, 0) is 29.6 Å². The highest BCUT2D eigenvalue weighted by Crippen LogP contribution is 2.28. The molecule has 27 heavy (non-hydrogen) atoms. The Hall–Kier alpha value is -3.19. The van der Waals surface area contributed by atoms with Gasteiger partial charge in [0.15, 0.2) is 0 Å². The van der Waals surface area contributed by atoms with E-state index in [1.165, 1.54) is 11.3 Å². The maximum atomic E-state index is 13.1. The molecule has 0 aliphatic carbocycles. The zero-order valence-electron chi connectivity index (χ0n) is 14.4. The summed E-state index contributed by atoms with van der Waals surface area (Å²) >= 11 is 1.32. The molecular formula is C20H17N3O3S.